The monoisotopic (exact) mass is 497 g/mol. The number of likely N-dealkylation sites (tertiary alicyclic amines) is 1. The van der Waals surface area contributed by atoms with E-state index < -0.39 is 23.9 Å². The normalized spacial score (nSPS) is 19.9. The first kappa shape index (κ1) is 24.1. The summed E-state index contributed by atoms with van der Waals surface area (Å²) in [5.41, 5.74) is 2.54. The fourth-order valence-electron chi connectivity index (χ4n) is 4.67. The zero-order valence-corrected chi connectivity index (χ0v) is 20.3. The maximum Gasteiger partial charge on any atom is 0.255 e. The molecule has 2 N–H and O–H groups in total. The quantitative estimate of drug-likeness (QED) is 0.515. The minimum Gasteiger partial charge on any atom is -0.493 e. The number of aromatic nitrogens is 3. The molecule has 36 heavy (non-hydrogen) atoms. The molecule has 0 spiro atoms. The van der Waals surface area contributed by atoms with E-state index in [1.807, 2.05) is 0 Å². The molecule has 2 aliphatic rings. The van der Waals surface area contributed by atoms with Gasteiger partial charge in [0.15, 0.2) is 0 Å². The smallest absolute Gasteiger partial charge is 0.255 e. The molecule has 2 aromatic heterocycles. The van der Waals surface area contributed by atoms with Crippen LogP contribution in [0.4, 0.5) is 8.78 Å². The van der Waals surface area contributed by atoms with Crippen LogP contribution in [0.15, 0.2) is 24.5 Å². The first-order valence-electron chi connectivity index (χ1n) is 12.3. The number of aryl methyl sites for hydroxylation is 1. The average Bonchev–Trinajstić information content (AvgIpc) is 3.63. The van der Waals surface area contributed by atoms with Crippen molar-refractivity contribution in [3.8, 4) is 17.0 Å². The Labute approximate surface area is 207 Å². The van der Waals surface area contributed by atoms with Crippen molar-refractivity contribution in [2.24, 2.45) is 5.92 Å². The maximum atomic E-state index is 14.8. The Kier molecular flexibility index (Phi) is 6.59. The number of amides is 2. The van der Waals surface area contributed by atoms with E-state index in [0.717, 1.165) is 12.8 Å². The number of hydrogen-bond acceptors (Lipinski definition) is 5. The van der Waals surface area contributed by atoms with Crippen LogP contribution >= 0.6 is 0 Å². The molecule has 2 atom stereocenters. The molecule has 1 aliphatic heterocycles. The van der Waals surface area contributed by atoms with Gasteiger partial charge in [-0.2, -0.15) is 0 Å². The van der Waals surface area contributed by atoms with E-state index in [2.05, 4.69) is 20.3 Å². The van der Waals surface area contributed by atoms with E-state index in [-0.39, 0.29) is 18.0 Å². The first-order valence-corrected chi connectivity index (χ1v) is 12.3. The van der Waals surface area contributed by atoms with Crippen LogP contribution in [0.5, 0.6) is 5.75 Å². The van der Waals surface area contributed by atoms with E-state index in [1.165, 1.54) is 23.4 Å². The summed E-state index contributed by atoms with van der Waals surface area (Å²) >= 11 is 0. The van der Waals surface area contributed by atoms with Crippen LogP contribution in [0.3, 0.4) is 0 Å². The number of ether oxygens (including phenoxy) is 1. The average molecular weight is 498 g/mol. The summed E-state index contributed by atoms with van der Waals surface area (Å²) in [6.45, 7) is 4.37. The highest BCUT2D eigenvalue weighted by atomic mass is 19.1. The van der Waals surface area contributed by atoms with Gasteiger partial charge in [-0.1, -0.05) is 6.92 Å². The Bertz CT molecular complexity index is 1310. The van der Waals surface area contributed by atoms with Crippen molar-refractivity contribution in [2.75, 3.05) is 19.7 Å². The van der Waals surface area contributed by atoms with Crippen molar-refractivity contribution < 1.29 is 23.1 Å². The van der Waals surface area contributed by atoms with Gasteiger partial charge in [0, 0.05) is 24.2 Å². The maximum absolute atomic E-state index is 14.8. The summed E-state index contributed by atoms with van der Waals surface area (Å²) in [5, 5.41) is 2.78. The van der Waals surface area contributed by atoms with E-state index in [9.17, 15) is 18.4 Å². The lowest BCUT2D eigenvalue weighted by Gasteiger charge is -2.35. The van der Waals surface area contributed by atoms with E-state index >= 15 is 0 Å². The van der Waals surface area contributed by atoms with Crippen LogP contribution in [0, 0.1) is 18.7 Å². The number of H-pyrrole nitrogens is 1. The number of nitrogens with one attached hydrogen (secondary N) is 2. The summed E-state index contributed by atoms with van der Waals surface area (Å²) in [6, 6.07) is 3.57. The fourth-order valence-corrected chi connectivity index (χ4v) is 4.67. The van der Waals surface area contributed by atoms with Crippen molar-refractivity contribution in [3.63, 3.8) is 0 Å². The molecule has 2 unspecified atom stereocenters. The predicted octanol–water partition coefficient (Wildman–Crippen LogP) is 3.94. The topological polar surface area (TPSA) is 100 Å². The zero-order chi connectivity index (χ0) is 25.4. The number of carbonyl (C=O) groups excluding carboxylic acids is 2. The molecule has 190 valence electrons. The number of aromatic amines is 1. The molecule has 1 aliphatic carbocycles. The van der Waals surface area contributed by atoms with Crippen LogP contribution in [-0.2, 0) is 4.79 Å². The van der Waals surface area contributed by atoms with Crippen LogP contribution in [0.2, 0.25) is 0 Å². The van der Waals surface area contributed by atoms with Gasteiger partial charge in [0.05, 0.1) is 30.3 Å². The summed E-state index contributed by atoms with van der Waals surface area (Å²) in [7, 11) is 0. The minimum atomic E-state index is -1.37. The van der Waals surface area contributed by atoms with Gasteiger partial charge in [0.1, 0.15) is 35.3 Å². The summed E-state index contributed by atoms with van der Waals surface area (Å²) in [4.78, 5) is 38.5. The molecular weight excluding hydrogens is 468 g/mol. The lowest BCUT2D eigenvalue weighted by atomic mass is 10.0. The highest BCUT2D eigenvalue weighted by molar-refractivity contribution is 6.09. The van der Waals surface area contributed by atoms with Gasteiger partial charge >= 0.3 is 0 Å². The molecule has 1 saturated carbocycles. The molecule has 1 aromatic carbocycles. The van der Waals surface area contributed by atoms with E-state index in [4.69, 9.17) is 4.74 Å². The summed E-state index contributed by atoms with van der Waals surface area (Å²) < 4.78 is 35.0. The number of carbonyl (C=O) groups is 2. The number of nitrogens with zero attached hydrogens (tertiary/aromatic N) is 3. The van der Waals surface area contributed by atoms with Crippen molar-refractivity contribution in [3.05, 3.63) is 41.6 Å². The van der Waals surface area contributed by atoms with Gasteiger partial charge in [-0.05, 0) is 50.3 Å². The molecule has 3 aromatic rings. The standard InChI is InChI=1S/C26H29F2N5O3/c1-3-21(34)33-9-8-19(18(28)11-33)32-26(35)22-14(2)31-25-23(29-13-30-24(22)25)17-10-16(27)6-7-20(17)36-12-15-4-5-15/h6-7,10,13,15,18-19,31H,3-5,8-9,11-12H2,1-2H3,(H,32,35). The van der Waals surface area contributed by atoms with Crippen LogP contribution in [0.25, 0.3) is 22.3 Å². The first-order chi connectivity index (χ1) is 17.4. The van der Waals surface area contributed by atoms with Crippen molar-refractivity contribution in [2.45, 2.75) is 51.7 Å². The second kappa shape index (κ2) is 9.83. The number of hydrogen-bond donors (Lipinski definition) is 2. The molecule has 0 bridgehead atoms. The number of rotatable bonds is 7. The predicted molar refractivity (Wildman–Crippen MR) is 130 cm³/mol. The van der Waals surface area contributed by atoms with Crippen LogP contribution in [0.1, 0.15) is 48.7 Å². The number of fused-ring (bicyclic) bond motifs is 1. The Morgan fingerprint density at radius 2 is 2.06 bits per heavy atom. The van der Waals surface area contributed by atoms with Crippen LogP contribution in [-0.4, -0.2) is 63.6 Å². The van der Waals surface area contributed by atoms with E-state index in [0.29, 0.717) is 65.6 Å². The molecule has 2 fully saturated rings. The van der Waals surface area contributed by atoms with Crippen molar-refractivity contribution >= 4 is 22.8 Å². The molecule has 10 heteroatoms. The Balaban J connectivity index is 1.42. The Morgan fingerprint density at radius 3 is 2.78 bits per heavy atom. The summed E-state index contributed by atoms with van der Waals surface area (Å²) in [6.07, 6.45) is 2.84. The third-order valence-electron chi connectivity index (χ3n) is 6.88. The number of piperidine rings is 1. The number of halogens is 2. The van der Waals surface area contributed by atoms with E-state index in [1.54, 1.807) is 19.9 Å². The van der Waals surface area contributed by atoms with Crippen molar-refractivity contribution in [1.82, 2.24) is 25.2 Å². The molecule has 1 saturated heterocycles. The number of benzene rings is 1. The molecular formula is C26H29F2N5O3. The van der Waals surface area contributed by atoms with Gasteiger partial charge in [0.25, 0.3) is 5.91 Å². The third-order valence-corrected chi connectivity index (χ3v) is 6.88. The van der Waals surface area contributed by atoms with Gasteiger partial charge in [-0.3, -0.25) is 9.59 Å². The molecule has 8 nitrogen and oxygen atoms in total. The molecule has 3 heterocycles. The zero-order valence-electron chi connectivity index (χ0n) is 20.3. The van der Waals surface area contributed by atoms with Gasteiger partial charge in [-0.25, -0.2) is 18.7 Å². The third kappa shape index (κ3) is 4.76. The molecule has 5 rings (SSSR count). The Hall–Kier alpha value is -3.56. The molecule has 0 radical (unpaired) electrons. The second-order valence-corrected chi connectivity index (χ2v) is 9.54. The second-order valence-electron chi connectivity index (χ2n) is 9.54. The largest absolute Gasteiger partial charge is 0.493 e. The Morgan fingerprint density at radius 1 is 1.25 bits per heavy atom. The van der Waals surface area contributed by atoms with Gasteiger partial charge in [0.2, 0.25) is 5.91 Å². The highest BCUT2D eigenvalue weighted by Crippen LogP contribution is 2.36. The van der Waals surface area contributed by atoms with Crippen LogP contribution < -0.4 is 10.1 Å². The minimum absolute atomic E-state index is 0.0417. The molecule has 2 amide bonds. The fraction of sp³-hybridized carbons (Fsp3) is 0.462. The highest BCUT2D eigenvalue weighted by Gasteiger charge is 2.33. The lowest BCUT2D eigenvalue weighted by Crippen LogP contribution is -2.53. The lowest BCUT2D eigenvalue weighted by molar-refractivity contribution is -0.133. The summed E-state index contributed by atoms with van der Waals surface area (Å²) in [5.74, 6) is 0.0317. The van der Waals surface area contributed by atoms with Crippen molar-refractivity contribution in [1.29, 1.82) is 0 Å². The van der Waals surface area contributed by atoms with Gasteiger partial charge in [-0.15, -0.1) is 0 Å². The SMILES string of the molecule is CCC(=O)N1CCC(NC(=O)c2c(C)[nH]c3c(-c4cc(F)ccc4OCC4CC4)ncnc23)C(F)C1. The number of alkyl halides is 1. The van der Waals surface area contributed by atoms with Gasteiger partial charge < -0.3 is 19.9 Å².